The van der Waals surface area contributed by atoms with Crippen LogP contribution in [-0.4, -0.2) is 6.54 Å². The predicted molar refractivity (Wildman–Crippen MR) is 75.1 cm³/mol. The molecule has 2 nitrogen and oxygen atoms in total. The second kappa shape index (κ2) is 7.69. The van der Waals surface area contributed by atoms with Gasteiger partial charge in [-0.05, 0) is 43.3 Å². The molecule has 0 saturated carbocycles. The molecule has 0 radical (unpaired) electrons. The number of benzene rings is 2. The smallest absolute Gasteiger partial charge is 0.123 e. The first kappa shape index (κ1) is 14.5. The van der Waals surface area contributed by atoms with Crippen molar-refractivity contribution < 1.29 is 4.39 Å². The lowest BCUT2D eigenvalue weighted by atomic mass is 10.3. The van der Waals surface area contributed by atoms with Gasteiger partial charge in [0.15, 0.2) is 0 Å². The molecule has 2 aromatic carbocycles. The standard InChI is InChI=1S/C8H11ClN2.C6H5F/c1-2-11(10)8-5-3-7(9)4-6-8;7-6-4-2-1-3-5-6/h3-6H,2,10H2,1H3;1-5H. The molecule has 2 aromatic rings. The fraction of sp³-hybridized carbons (Fsp3) is 0.143. The number of nitrogens with two attached hydrogens (primary N) is 1. The Balaban J connectivity index is 0.000000199. The highest BCUT2D eigenvalue weighted by atomic mass is 35.5. The molecule has 0 amide bonds. The highest BCUT2D eigenvalue weighted by Gasteiger charge is 1.96. The van der Waals surface area contributed by atoms with Crippen LogP contribution in [0, 0.1) is 5.82 Å². The average molecular weight is 267 g/mol. The van der Waals surface area contributed by atoms with Crippen LogP contribution in [0.15, 0.2) is 54.6 Å². The topological polar surface area (TPSA) is 29.3 Å². The van der Waals surface area contributed by atoms with Crippen molar-refractivity contribution in [2.24, 2.45) is 5.84 Å². The molecule has 0 heterocycles. The summed E-state index contributed by atoms with van der Waals surface area (Å²) >= 11 is 5.70. The van der Waals surface area contributed by atoms with Crippen LogP contribution in [0.1, 0.15) is 6.92 Å². The third-order valence-corrected chi connectivity index (χ3v) is 2.48. The normalized spacial score (nSPS) is 9.33. The molecule has 0 aliphatic rings. The Morgan fingerprint density at radius 3 is 2.00 bits per heavy atom. The third-order valence-electron chi connectivity index (χ3n) is 2.23. The summed E-state index contributed by atoms with van der Waals surface area (Å²) in [5.74, 6) is 5.46. The molecule has 2 N–H and O–H groups in total. The third kappa shape index (κ3) is 5.17. The van der Waals surface area contributed by atoms with E-state index in [1.807, 2.05) is 31.2 Å². The van der Waals surface area contributed by atoms with Gasteiger partial charge in [0, 0.05) is 11.6 Å². The summed E-state index contributed by atoms with van der Waals surface area (Å²) in [7, 11) is 0. The summed E-state index contributed by atoms with van der Waals surface area (Å²) in [6.07, 6.45) is 0. The number of anilines is 1. The van der Waals surface area contributed by atoms with Crippen LogP contribution in [0.3, 0.4) is 0 Å². The zero-order valence-corrected chi connectivity index (χ0v) is 10.9. The second-order valence-electron chi connectivity index (χ2n) is 3.56. The molecule has 0 fully saturated rings. The molecule has 0 unspecified atom stereocenters. The SMILES string of the molecule is CCN(N)c1ccc(Cl)cc1.Fc1ccccc1. The number of hydrazine groups is 1. The van der Waals surface area contributed by atoms with Crippen LogP contribution in [-0.2, 0) is 0 Å². The second-order valence-corrected chi connectivity index (χ2v) is 3.99. The van der Waals surface area contributed by atoms with E-state index in [4.69, 9.17) is 17.4 Å². The molecule has 0 spiro atoms. The van der Waals surface area contributed by atoms with E-state index in [2.05, 4.69) is 0 Å². The largest absolute Gasteiger partial charge is 0.311 e. The van der Waals surface area contributed by atoms with Crippen molar-refractivity contribution in [2.75, 3.05) is 11.6 Å². The quantitative estimate of drug-likeness (QED) is 0.661. The minimum absolute atomic E-state index is 0.178. The molecule has 18 heavy (non-hydrogen) atoms. The summed E-state index contributed by atoms with van der Waals surface area (Å²) in [5, 5.41) is 2.40. The van der Waals surface area contributed by atoms with E-state index in [0.717, 1.165) is 17.3 Å². The van der Waals surface area contributed by atoms with Crippen LogP contribution in [0.5, 0.6) is 0 Å². The Labute approximate surface area is 112 Å². The predicted octanol–water partition coefficient (Wildman–Crippen LogP) is 3.87. The van der Waals surface area contributed by atoms with E-state index in [-0.39, 0.29) is 5.82 Å². The first-order chi connectivity index (χ1) is 8.63. The van der Waals surface area contributed by atoms with Crippen LogP contribution >= 0.6 is 11.6 Å². The van der Waals surface area contributed by atoms with Crippen molar-refractivity contribution in [2.45, 2.75) is 6.92 Å². The van der Waals surface area contributed by atoms with E-state index in [9.17, 15) is 4.39 Å². The van der Waals surface area contributed by atoms with Gasteiger partial charge in [-0.3, -0.25) is 0 Å². The van der Waals surface area contributed by atoms with Crippen LogP contribution in [0.2, 0.25) is 5.02 Å². The van der Waals surface area contributed by atoms with Crippen molar-refractivity contribution >= 4 is 17.3 Å². The fourth-order valence-electron chi connectivity index (χ4n) is 1.23. The molecule has 0 atom stereocenters. The van der Waals surface area contributed by atoms with Gasteiger partial charge in [0.05, 0.1) is 5.69 Å². The molecular formula is C14H16ClFN2. The molecular weight excluding hydrogens is 251 g/mol. The highest BCUT2D eigenvalue weighted by molar-refractivity contribution is 6.30. The van der Waals surface area contributed by atoms with E-state index < -0.39 is 0 Å². The number of hydrogen-bond acceptors (Lipinski definition) is 2. The maximum Gasteiger partial charge on any atom is 0.123 e. The van der Waals surface area contributed by atoms with E-state index in [0.29, 0.717) is 0 Å². The van der Waals surface area contributed by atoms with Crippen molar-refractivity contribution in [1.82, 2.24) is 0 Å². The Hall–Kier alpha value is -1.58. The summed E-state index contributed by atoms with van der Waals surface area (Å²) in [6, 6.07) is 15.4. The van der Waals surface area contributed by atoms with Gasteiger partial charge in [0.2, 0.25) is 0 Å². The Kier molecular flexibility index (Phi) is 6.19. The van der Waals surface area contributed by atoms with Crippen LogP contribution in [0.4, 0.5) is 10.1 Å². The molecule has 4 heteroatoms. The van der Waals surface area contributed by atoms with Gasteiger partial charge in [-0.15, -0.1) is 0 Å². The van der Waals surface area contributed by atoms with Gasteiger partial charge >= 0.3 is 0 Å². The van der Waals surface area contributed by atoms with Gasteiger partial charge in [-0.2, -0.15) is 0 Å². The minimum Gasteiger partial charge on any atom is -0.311 e. The van der Waals surface area contributed by atoms with Gasteiger partial charge in [0.1, 0.15) is 5.82 Å². The summed E-state index contributed by atoms with van der Waals surface area (Å²) in [5.41, 5.74) is 0.983. The zero-order valence-electron chi connectivity index (χ0n) is 10.2. The number of halogens is 2. The number of nitrogens with zero attached hydrogens (tertiary/aromatic N) is 1. The van der Waals surface area contributed by atoms with E-state index in [1.54, 1.807) is 23.2 Å². The number of rotatable bonds is 2. The lowest BCUT2D eigenvalue weighted by molar-refractivity contribution is 0.628. The molecule has 0 aromatic heterocycles. The molecule has 96 valence electrons. The van der Waals surface area contributed by atoms with Gasteiger partial charge in [-0.1, -0.05) is 29.8 Å². The Morgan fingerprint density at radius 1 is 1.06 bits per heavy atom. The van der Waals surface area contributed by atoms with Crippen LogP contribution < -0.4 is 10.9 Å². The Bertz CT molecular complexity index is 445. The van der Waals surface area contributed by atoms with Gasteiger partial charge in [-0.25, -0.2) is 10.2 Å². The molecule has 0 bridgehead atoms. The van der Waals surface area contributed by atoms with E-state index in [1.165, 1.54) is 12.1 Å². The van der Waals surface area contributed by atoms with Crippen LogP contribution in [0.25, 0.3) is 0 Å². The van der Waals surface area contributed by atoms with Crippen molar-refractivity contribution in [1.29, 1.82) is 0 Å². The monoisotopic (exact) mass is 266 g/mol. The minimum atomic E-state index is -0.178. The first-order valence-electron chi connectivity index (χ1n) is 5.62. The van der Waals surface area contributed by atoms with Gasteiger partial charge < -0.3 is 5.01 Å². The molecule has 0 aliphatic carbocycles. The van der Waals surface area contributed by atoms with Gasteiger partial charge in [0.25, 0.3) is 0 Å². The number of hydrogen-bond donors (Lipinski definition) is 1. The highest BCUT2D eigenvalue weighted by Crippen LogP contribution is 2.14. The first-order valence-corrected chi connectivity index (χ1v) is 5.99. The molecule has 0 saturated heterocycles. The summed E-state index contributed by atoms with van der Waals surface area (Å²) < 4.78 is 11.9. The fourth-order valence-corrected chi connectivity index (χ4v) is 1.36. The maximum absolute atomic E-state index is 11.9. The molecule has 0 aliphatic heterocycles. The Morgan fingerprint density at radius 2 is 1.61 bits per heavy atom. The lowest BCUT2D eigenvalue weighted by Crippen LogP contribution is -2.29. The van der Waals surface area contributed by atoms with E-state index >= 15 is 0 Å². The maximum atomic E-state index is 11.9. The lowest BCUT2D eigenvalue weighted by Gasteiger charge is -2.15. The summed E-state index contributed by atoms with van der Waals surface area (Å²) in [6.45, 7) is 2.79. The summed E-state index contributed by atoms with van der Waals surface area (Å²) in [4.78, 5) is 0. The molecule has 2 rings (SSSR count). The van der Waals surface area contributed by atoms with Crippen molar-refractivity contribution in [3.05, 3.63) is 65.4 Å². The van der Waals surface area contributed by atoms with Crippen molar-refractivity contribution in [3.63, 3.8) is 0 Å². The van der Waals surface area contributed by atoms with Crippen molar-refractivity contribution in [3.8, 4) is 0 Å². The average Bonchev–Trinajstić information content (AvgIpc) is 2.40. The zero-order chi connectivity index (χ0) is 13.4.